The van der Waals surface area contributed by atoms with Crippen molar-refractivity contribution < 1.29 is 0 Å². The smallest absolute Gasteiger partial charge is 0.262 e. The normalized spacial score (nSPS) is 13.6. The molecule has 4 aromatic rings. The van der Waals surface area contributed by atoms with Gasteiger partial charge in [-0.25, -0.2) is 9.97 Å². The van der Waals surface area contributed by atoms with Crippen molar-refractivity contribution in [2.24, 2.45) is 0 Å². The number of fused-ring (bicyclic) bond motifs is 2. The molecule has 2 heterocycles. The molecule has 0 bridgehead atoms. The Morgan fingerprint density at radius 3 is 2.28 bits per heavy atom. The number of H-pyrrole nitrogens is 1. The van der Waals surface area contributed by atoms with E-state index in [0.29, 0.717) is 32.8 Å². The van der Waals surface area contributed by atoms with Crippen LogP contribution < -0.4 is 11.1 Å². The topological polar surface area (TPSA) is 80.6 Å². The first-order valence-corrected chi connectivity index (χ1v) is 10.5. The van der Waals surface area contributed by atoms with E-state index in [9.17, 15) is 9.59 Å². The van der Waals surface area contributed by atoms with Crippen molar-refractivity contribution in [3.63, 3.8) is 0 Å². The summed E-state index contributed by atoms with van der Waals surface area (Å²) in [5.74, 6) is 0.566. The lowest BCUT2D eigenvalue weighted by Gasteiger charge is -2.20. The van der Waals surface area contributed by atoms with Gasteiger partial charge in [0.1, 0.15) is 5.82 Å². The van der Waals surface area contributed by atoms with Crippen molar-refractivity contribution in [1.29, 1.82) is 0 Å². The van der Waals surface area contributed by atoms with Crippen LogP contribution in [0, 0.1) is 0 Å². The average molecular weight is 407 g/mol. The molecule has 0 fully saturated rings. The van der Waals surface area contributed by atoms with E-state index in [1.807, 2.05) is 63.2 Å². The minimum Gasteiger partial charge on any atom is -0.309 e. The zero-order chi connectivity index (χ0) is 20.5. The van der Waals surface area contributed by atoms with Gasteiger partial charge in [0.15, 0.2) is 5.16 Å². The van der Waals surface area contributed by atoms with E-state index < -0.39 is 0 Å². The van der Waals surface area contributed by atoms with Gasteiger partial charge in [-0.05, 0) is 44.5 Å². The number of aromatic amines is 1. The van der Waals surface area contributed by atoms with Gasteiger partial charge in [-0.3, -0.25) is 14.2 Å². The maximum absolute atomic E-state index is 13.1. The van der Waals surface area contributed by atoms with E-state index in [1.54, 1.807) is 10.6 Å². The fraction of sp³-hybridized carbons (Fsp3) is 0.273. The number of nitrogens with zero attached hydrogens (tertiary/aromatic N) is 3. The second kappa shape index (κ2) is 7.83. The van der Waals surface area contributed by atoms with Crippen molar-refractivity contribution in [1.82, 2.24) is 19.5 Å². The van der Waals surface area contributed by atoms with Gasteiger partial charge in [0, 0.05) is 6.04 Å². The van der Waals surface area contributed by atoms with Crippen LogP contribution in [0.1, 0.15) is 44.3 Å². The summed E-state index contributed by atoms with van der Waals surface area (Å²) in [5, 5.41) is 1.62. The molecule has 0 saturated carbocycles. The molecule has 0 aliphatic heterocycles. The van der Waals surface area contributed by atoms with Crippen LogP contribution in [0.4, 0.5) is 0 Å². The molecule has 0 unspecified atom stereocenters. The summed E-state index contributed by atoms with van der Waals surface area (Å²) in [4.78, 5) is 37.8. The van der Waals surface area contributed by atoms with Gasteiger partial charge in [-0.15, -0.1) is 0 Å². The van der Waals surface area contributed by atoms with Crippen LogP contribution >= 0.6 is 11.8 Å². The van der Waals surface area contributed by atoms with E-state index in [2.05, 4.69) is 9.97 Å². The van der Waals surface area contributed by atoms with Gasteiger partial charge < -0.3 is 4.98 Å². The molecule has 4 rings (SSSR count). The highest BCUT2D eigenvalue weighted by atomic mass is 32.2. The quantitative estimate of drug-likeness (QED) is 0.391. The lowest BCUT2D eigenvalue weighted by molar-refractivity contribution is 0.467. The Hall–Kier alpha value is -2.93. The maximum atomic E-state index is 13.1. The molecule has 0 aliphatic carbocycles. The number of hydrogen-bond donors (Lipinski definition) is 1. The largest absolute Gasteiger partial charge is 0.309 e. The summed E-state index contributed by atoms with van der Waals surface area (Å²) in [6.45, 7) is 6.02. The highest BCUT2D eigenvalue weighted by Crippen LogP contribution is 2.33. The summed E-state index contributed by atoms with van der Waals surface area (Å²) in [6.07, 6.45) is 0.812. The van der Waals surface area contributed by atoms with E-state index in [1.165, 1.54) is 11.8 Å². The molecular formula is C22H22N4O2S. The third-order valence-corrected chi connectivity index (χ3v) is 6.18. The fourth-order valence-corrected chi connectivity index (χ4v) is 4.36. The molecule has 0 spiro atoms. The number of hydrogen-bond acceptors (Lipinski definition) is 5. The van der Waals surface area contributed by atoms with Gasteiger partial charge in [-0.2, -0.15) is 0 Å². The Morgan fingerprint density at radius 1 is 0.966 bits per heavy atom. The third-order valence-electron chi connectivity index (χ3n) is 5.11. The zero-order valence-corrected chi connectivity index (χ0v) is 17.4. The Morgan fingerprint density at radius 2 is 1.59 bits per heavy atom. The van der Waals surface area contributed by atoms with E-state index in [0.717, 1.165) is 6.42 Å². The molecule has 29 heavy (non-hydrogen) atoms. The zero-order valence-electron chi connectivity index (χ0n) is 16.5. The first-order chi connectivity index (χ1) is 14.0. The molecule has 7 heteroatoms. The minimum atomic E-state index is -0.185. The van der Waals surface area contributed by atoms with Crippen LogP contribution in [-0.2, 0) is 0 Å². The lowest BCUT2D eigenvalue weighted by Crippen LogP contribution is -2.26. The van der Waals surface area contributed by atoms with Crippen molar-refractivity contribution in [2.75, 3.05) is 0 Å². The van der Waals surface area contributed by atoms with Crippen LogP contribution in [0.25, 0.3) is 21.8 Å². The molecule has 2 atom stereocenters. The van der Waals surface area contributed by atoms with Gasteiger partial charge in [0.25, 0.3) is 11.1 Å². The van der Waals surface area contributed by atoms with Crippen LogP contribution in [0.5, 0.6) is 0 Å². The van der Waals surface area contributed by atoms with Crippen molar-refractivity contribution in [3.05, 3.63) is 75.1 Å². The van der Waals surface area contributed by atoms with E-state index >= 15 is 0 Å². The first-order valence-electron chi connectivity index (χ1n) is 9.66. The van der Waals surface area contributed by atoms with Crippen molar-refractivity contribution in [2.45, 2.75) is 43.6 Å². The number of para-hydroxylation sites is 2. The van der Waals surface area contributed by atoms with Crippen molar-refractivity contribution >= 4 is 33.6 Å². The summed E-state index contributed by atoms with van der Waals surface area (Å²) < 4.78 is 1.75. The van der Waals surface area contributed by atoms with E-state index in [-0.39, 0.29) is 22.4 Å². The predicted octanol–water partition coefficient (Wildman–Crippen LogP) is 4.46. The second-order valence-corrected chi connectivity index (χ2v) is 8.38. The molecule has 0 saturated heterocycles. The predicted molar refractivity (Wildman–Crippen MR) is 118 cm³/mol. The van der Waals surface area contributed by atoms with Crippen LogP contribution in [-0.4, -0.2) is 19.5 Å². The first kappa shape index (κ1) is 19.4. The Balaban J connectivity index is 1.81. The SMILES string of the molecule is CC[C@H](C)n1c(S[C@@H](C)c2nc3ccccc3c(=O)[nH]2)nc2ccccc2c1=O. The fourth-order valence-electron chi connectivity index (χ4n) is 3.29. The molecule has 6 nitrogen and oxygen atoms in total. The van der Waals surface area contributed by atoms with Gasteiger partial charge in [0.2, 0.25) is 0 Å². The molecule has 2 aromatic carbocycles. The van der Waals surface area contributed by atoms with Gasteiger partial charge in [-0.1, -0.05) is 43.0 Å². The number of rotatable bonds is 5. The summed E-state index contributed by atoms with van der Waals surface area (Å²) in [6, 6.07) is 14.7. The Bertz CT molecular complexity index is 1310. The Labute approximate surface area is 172 Å². The lowest BCUT2D eigenvalue weighted by atomic mass is 10.2. The molecular weight excluding hydrogens is 384 g/mol. The maximum Gasteiger partial charge on any atom is 0.262 e. The van der Waals surface area contributed by atoms with Crippen LogP contribution in [0.2, 0.25) is 0 Å². The highest BCUT2D eigenvalue weighted by molar-refractivity contribution is 7.99. The van der Waals surface area contributed by atoms with E-state index in [4.69, 9.17) is 4.98 Å². The standard InChI is InChI=1S/C22H22N4O2S/c1-4-13(2)26-21(28)16-10-6-8-12-18(16)24-22(26)29-14(3)19-23-17-11-7-5-9-15(17)20(27)25-19/h5-14H,4H2,1-3H3,(H,23,25,27)/t13-,14-/m0/s1. The second-order valence-electron chi connectivity index (χ2n) is 7.07. The number of benzene rings is 2. The number of aromatic nitrogens is 4. The van der Waals surface area contributed by atoms with Crippen LogP contribution in [0.15, 0.2) is 63.3 Å². The minimum absolute atomic E-state index is 0.0120. The molecule has 148 valence electrons. The third kappa shape index (κ3) is 3.58. The number of thioether (sulfide) groups is 1. The summed E-state index contributed by atoms with van der Waals surface area (Å²) >= 11 is 1.43. The molecule has 0 aliphatic rings. The monoisotopic (exact) mass is 406 g/mol. The highest BCUT2D eigenvalue weighted by Gasteiger charge is 2.20. The summed E-state index contributed by atoms with van der Waals surface area (Å²) in [7, 11) is 0. The van der Waals surface area contributed by atoms with Crippen molar-refractivity contribution in [3.8, 4) is 0 Å². The molecule has 2 aromatic heterocycles. The van der Waals surface area contributed by atoms with Gasteiger partial charge >= 0.3 is 0 Å². The van der Waals surface area contributed by atoms with Gasteiger partial charge in [0.05, 0.1) is 27.1 Å². The number of nitrogens with one attached hydrogen (secondary N) is 1. The summed E-state index contributed by atoms with van der Waals surface area (Å²) in [5.41, 5.74) is 1.12. The average Bonchev–Trinajstić information content (AvgIpc) is 2.73. The molecule has 0 radical (unpaired) electrons. The van der Waals surface area contributed by atoms with Crippen LogP contribution in [0.3, 0.4) is 0 Å². The molecule has 1 N–H and O–H groups in total. The molecule has 0 amide bonds. The Kier molecular flexibility index (Phi) is 5.24.